The predicted molar refractivity (Wildman–Crippen MR) is 92.7 cm³/mol. The van der Waals surface area contributed by atoms with Crippen molar-refractivity contribution in [2.75, 3.05) is 0 Å². The van der Waals surface area contributed by atoms with Crippen molar-refractivity contribution < 1.29 is 4.79 Å². The second kappa shape index (κ2) is 6.12. The third-order valence-corrected chi connectivity index (χ3v) is 4.49. The Morgan fingerprint density at radius 1 is 1.09 bits per heavy atom. The zero-order chi connectivity index (χ0) is 15.5. The van der Waals surface area contributed by atoms with Gasteiger partial charge in [-0.1, -0.05) is 36.4 Å². The van der Waals surface area contributed by atoms with Crippen LogP contribution in [0.15, 0.2) is 59.0 Å². The molecule has 0 fully saturated rings. The minimum absolute atomic E-state index is 0.168. The minimum Gasteiger partial charge on any atom is -0.266 e. The van der Waals surface area contributed by atoms with Crippen LogP contribution < -0.4 is 5.43 Å². The predicted octanol–water partition coefficient (Wildman–Crippen LogP) is 4.36. The fourth-order valence-electron chi connectivity index (χ4n) is 2.22. The van der Waals surface area contributed by atoms with E-state index in [1.165, 1.54) is 16.7 Å². The van der Waals surface area contributed by atoms with Crippen molar-refractivity contribution >= 4 is 33.7 Å². The maximum Gasteiger partial charge on any atom is 0.281 e. The zero-order valence-electron chi connectivity index (χ0n) is 12.5. The zero-order valence-corrected chi connectivity index (χ0v) is 13.3. The number of carbonyl (C=O) groups is 1. The summed E-state index contributed by atoms with van der Waals surface area (Å²) in [6.45, 7) is 3.86. The first kappa shape index (κ1) is 14.5. The minimum atomic E-state index is -0.168. The maximum atomic E-state index is 12.0. The van der Waals surface area contributed by atoms with Crippen LogP contribution in [-0.4, -0.2) is 11.6 Å². The first-order chi connectivity index (χ1) is 10.6. The number of fused-ring (bicyclic) bond motifs is 1. The molecule has 1 aromatic heterocycles. The van der Waals surface area contributed by atoms with Gasteiger partial charge in [-0.05, 0) is 53.3 Å². The first-order valence-electron chi connectivity index (χ1n) is 7.02. The first-order valence-corrected chi connectivity index (χ1v) is 7.90. The van der Waals surface area contributed by atoms with E-state index >= 15 is 0 Å². The molecule has 0 bridgehead atoms. The summed E-state index contributed by atoms with van der Waals surface area (Å²) >= 11 is 1.43. The van der Waals surface area contributed by atoms with Gasteiger partial charge in [0.05, 0.1) is 10.6 Å². The SMILES string of the molecule is CC(=NNC(=O)c1cc(C)cs1)c1ccc2ccccc2c1. The fraction of sp³-hybridized carbons (Fsp3) is 0.111. The van der Waals surface area contributed by atoms with Crippen molar-refractivity contribution in [3.8, 4) is 0 Å². The topological polar surface area (TPSA) is 41.5 Å². The molecule has 1 heterocycles. The van der Waals surface area contributed by atoms with Gasteiger partial charge >= 0.3 is 0 Å². The van der Waals surface area contributed by atoms with Gasteiger partial charge in [0.1, 0.15) is 0 Å². The Kier molecular flexibility index (Phi) is 4.02. The van der Waals surface area contributed by atoms with Gasteiger partial charge in [-0.15, -0.1) is 11.3 Å². The number of amides is 1. The van der Waals surface area contributed by atoms with Crippen LogP contribution in [0.2, 0.25) is 0 Å². The van der Waals surface area contributed by atoms with Crippen LogP contribution in [0.1, 0.15) is 27.7 Å². The molecule has 3 rings (SSSR count). The largest absolute Gasteiger partial charge is 0.281 e. The number of rotatable bonds is 3. The van der Waals surface area contributed by atoms with Crippen LogP contribution in [0.3, 0.4) is 0 Å². The van der Waals surface area contributed by atoms with Crippen LogP contribution >= 0.6 is 11.3 Å². The number of benzene rings is 2. The van der Waals surface area contributed by atoms with E-state index in [4.69, 9.17) is 0 Å². The van der Waals surface area contributed by atoms with Crippen LogP contribution in [0.4, 0.5) is 0 Å². The van der Waals surface area contributed by atoms with E-state index in [0.717, 1.165) is 22.2 Å². The number of thiophene rings is 1. The molecule has 0 saturated heterocycles. The van der Waals surface area contributed by atoms with Gasteiger partial charge in [0.2, 0.25) is 0 Å². The maximum absolute atomic E-state index is 12.0. The lowest BCUT2D eigenvalue weighted by atomic mass is 10.0. The van der Waals surface area contributed by atoms with Crippen molar-refractivity contribution in [1.29, 1.82) is 0 Å². The van der Waals surface area contributed by atoms with E-state index in [9.17, 15) is 4.79 Å². The molecule has 0 aliphatic carbocycles. The standard InChI is InChI=1S/C18H16N2OS/c1-12-9-17(22-11-12)18(21)20-19-13(2)15-8-7-14-5-3-4-6-16(14)10-15/h3-11H,1-2H3,(H,20,21). The highest BCUT2D eigenvalue weighted by atomic mass is 32.1. The van der Waals surface area contributed by atoms with Gasteiger partial charge in [-0.25, -0.2) is 5.43 Å². The number of hydrogen-bond donors (Lipinski definition) is 1. The summed E-state index contributed by atoms with van der Waals surface area (Å²) < 4.78 is 0. The van der Waals surface area contributed by atoms with Crippen LogP contribution in [0, 0.1) is 6.92 Å². The number of aryl methyl sites for hydroxylation is 1. The molecule has 0 aliphatic heterocycles. The Balaban J connectivity index is 1.79. The van der Waals surface area contributed by atoms with Crippen molar-refractivity contribution in [2.45, 2.75) is 13.8 Å². The molecule has 1 N–H and O–H groups in total. The molecule has 110 valence electrons. The molecule has 0 aliphatic rings. The molecule has 0 radical (unpaired) electrons. The summed E-state index contributed by atoms with van der Waals surface area (Å²) in [7, 11) is 0. The highest BCUT2D eigenvalue weighted by Gasteiger charge is 2.07. The highest BCUT2D eigenvalue weighted by Crippen LogP contribution is 2.16. The normalized spacial score (nSPS) is 11.6. The van der Waals surface area contributed by atoms with Crippen molar-refractivity contribution in [2.24, 2.45) is 5.10 Å². The average Bonchev–Trinajstić information content (AvgIpc) is 2.98. The van der Waals surface area contributed by atoms with Gasteiger partial charge in [-0.3, -0.25) is 4.79 Å². The molecule has 0 saturated carbocycles. The highest BCUT2D eigenvalue weighted by molar-refractivity contribution is 7.12. The number of nitrogens with one attached hydrogen (secondary N) is 1. The van der Waals surface area contributed by atoms with Gasteiger partial charge in [0.15, 0.2) is 0 Å². The molecular formula is C18H16N2OS. The summed E-state index contributed by atoms with van der Waals surface area (Å²) in [5, 5.41) is 8.52. The molecule has 22 heavy (non-hydrogen) atoms. The lowest BCUT2D eigenvalue weighted by Gasteiger charge is -2.04. The Bertz CT molecular complexity index is 864. The fourth-order valence-corrected chi connectivity index (χ4v) is 3.01. The Hall–Kier alpha value is -2.46. The molecule has 3 aromatic rings. The summed E-state index contributed by atoms with van der Waals surface area (Å²) in [6, 6.07) is 16.2. The van der Waals surface area contributed by atoms with Crippen molar-refractivity contribution in [3.05, 3.63) is 69.9 Å². The van der Waals surface area contributed by atoms with E-state index in [-0.39, 0.29) is 5.91 Å². The van der Waals surface area contributed by atoms with Crippen LogP contribution in [-0.2, 0) is 0 Å². The molecule has 0 unspecified atom stereocenters. The Labute approximate surface area is 133 Å². The molecule has 3 nitrogen and oxygen atoms in total. The molecular weight excluding hydrogens is 292 g/mol. The van der Waals surface area contributed by atoms with Gasteiger partial charge in [0, 0.05) is 0 Å². The third-order valence-electron chi connectivity index (χ3n) is 3.45. The van der Waals surface area contributed by atoms with Crippen LogP contribution in [0.25, 0.3) is 10.8 Å². The third kappa shape index (κ3) is 3.07. The average molecular weight is 308 g/mol. The van der Waals surface area contributed by atoms with Gasteiger partial charge in [0.25, 0.3) is 5.91 Å². The van der Waals surface area contributed by atoms with E-state index in [1.54, 1.807) is 0 Å². The number of hydrogen-bond acceptors (Lipinski definition) is 3. The Morgan fingerprint density at radius 3 is 2.59 bits per heavy atom. The van der Waals surface area contributed by atoms with Crippen LogP contribution in [0.5, 0.6) is 0 Å². The molecule has 0 spiro atoms. The smallest absolute Gasteiger partial charge is 0.266 e. The van der Waals surface area contributed by atoms with Crippen molar-refractivity contribution in [1.82, 2.24) is 5.43 Å². The Morgan fingerprint density at radius 2 is 1.86 bits per heavy atom. The number of nitrogens with zero attached hydrogens (tertiary/aromatic N) is 1. The second-order valence-electron chi connectivity index (χ2n) is 5.19. The van der Waals surface area contributed by atoms with Gasteiger partial charge in [-0.2, -0.15) is 5.10 Å². The second-order valence-corrected chi connectivity index (χ2v) is 6.10. The molecule has 0 atom stereocenters. The lowest BCUT2D eigenvalue weighted by molar-refractivity contribution is 0.0959. The molecule has 4 heteroatoms. The molecule has 2 aromatic carbocycles. The monoisotopic (exact) mass is 308 g/mol. The summed E-state index contributed by atoms with van der Waals surface area (Å²) in [5.74, 6) is -0.168. The summed E-state index contributed by atoms with van der Waals surface area (Å²) in [5.41, 5.74) is 5.49. The van der Waals surface area contributed by atoms with E-state index < -0.39 is 0 Å². The van der Waals surface area contributed by atoms with E-state index in [1.807, 2.05) is 43.5 Å². The lowest BCUT2D eigenvalue weighted by Crippen LogP contribution is -2.18. The number of carbonyl (C=O) groups excluding carboxylic acids is 1. The summed E-state index contributed by atoms with van der Waals surface area (Å²) in [6.07, 6.45) is 0. The summed E-state index contributed by atoms with van der Waals surface area (Å²) in [4.78, 5) is 12.7. The van der Waals surface area contributed by atoms with E-state index in [2.05, 4.69) is 34.8 Å². The molecule has 1 amide bonds. The van der Waals surface area contributed by atoms with E-state index in [0.29, 0.717) is 4.88 Å². The van der Waals surface area contributed by atoms with Gasteiger partial charge < -0.3 is 0 Å². The number of hydrazone groups is 1. The quantitative estimate of drug-likeness (QED) is 0.567. The van der Waals surface area contributed by atoms with Crippen molar-refractivity contribution in [3.63, 3.8) is 0 Å².